The second-order valence-electron chi connectivity index (χ2n) is 5.82. The van der Waals surface area contributed by atoms with E-state index in [0.717, 1.165) is 15.6 Å². The van der Waals surface area contributed by atoms with Crippen molar-refractivity contribution in [2.45, 2.75) is 4.34 Å². The summed E-state index contributed by atoms with van der Waals surface area (Å²) in [6.45, 7) is 1.04. The van der Waals surface area contributed by atoms with Crippen LogP contribution in [0.25, 0.3) is 11.3 Å². The number of nitrogens with zero attached hydrogens (tertiary/aromatic N) is 1. The fourth-order valence-electron chi connectivity index (χ4n) is 2.59. The molecule has 0 radical (unpaired) electrons. The molecule has 0 saturated carbocycles. The Morgan fingerprint density at radius 3 is 2.79 bits per heavy atom. The molecule has 1 aliphatic heterocycles. The molecule has 144 valence electrons. The molecule has 0 bridgehead atoms. The van der Waals surface area contributed by atoms with Crippen molar-refractivity contribution < 1.29 is 14.3 Å². The number of ether oxygens (including phenoxy) is 2. The van der Waals surface area contributed by atoms with E-state index in [-0.39, 0.29) is 11.7 Å². The molecule has 0 atom stereocenters. The molecule has 1 amide bonds. The molecule has 0 spiro atoms. The maximum absolute atomic E-state index is 12.3. The molecule has 28 heavy (non-hydrogen) atoms. The number of hydrogen-bond donors (Lipinski definition) is 1. The molecule has 9 heteroatoms. The lowest BCUT2D eigenvalue weighted by Crippen LogP contribution is -2.17. The standard InChI is InChI=1S/C19H14Cl2N2O3S2/c20-11-1-3-13(14(21)7-11)15-9-27-19(23-15)28-10-18(24)22-12-2-4-16-17(8-12)26-6-5-25-16/h1-4,7-9H,5-6,10H2,(H,22,24). The zero-order valence-electron chi connectivity index (χ0n) is 14.4. The Balaban J connectivity index is 1.36. The first-order chi connectivity index (χ1) is 13.6. The number of thioether (sulfide) groups is 1. The van der Waals surface area contributed by atoms with Gasteiger partial charge in [-0.05, 0) is 30.3 Å². The van der Waals surface area contributed by atoms with E-state index in [9.17, 15) is 4.79 Å². The maximum atomic E-state index is 12.3. The minimum absolute atomic E-state index is 0.122. The fraction of sp³-hybridized carbons (Fsp3) is 0.158. The number of benzene rings is 2. The largest absolute Gasteiger partial charge is 0.486 e. The van der Waals surface area contributed by atoms with E-state index in [1.54, 1.807) is 30.3 Å². The highest BCUT2D eigenvalue weighted by Gasteiger charge is 2.14. The lowest BCUT2D eigenvalue weighted by atomic mass is 10.2. The number of rotatable bonds is 5. The van der Waals surface area contributed by atoms with Crippen molar-refractivity contribution in [2.75, 3.05) is 24.3 Å². The maximum Gasteiger partial charge on any atom is 0.234 e. The van der Waals surface area contributed by atoms with Crippen LogP contribution >= 0.6 is 46.3 Å². The van der Waals surface area contributed by atoms with Crippen molar-refractivity contribution in [2.24, 2.45) is 0 Å². The third-order valence-corrected chi connectivity index (χ3v) is 6.41. The van der Waals surface area contributed by atoms with Gasteiger partial charge in [0, 0.05) is 27.7 Å². The average Bonchev–Trinajstić information content (AvgIpc) is 3.15. The molecule has 1 aliphatic rings. The van der Waals surface area contributed by atoms with Crippen LogP contribution in [0.5, 0.6) is 11.5 Å². The molecule has 0 aliphatic carbocycles. The van der Waals surface area contributed by atoms with Crippen molar-refractivity contribution in [3.05, 3.63) is 51.8 Å². The van der Waals surface area contributed by atoms with Crippen molar-refractivity contribution >= 4 is 57.9 Å². The highest BCUT2D eigenvalue weighted by atomic mass is 35.5. The number of aromatic nitrogens is 1. The average molecular weight is 453 g/mol. The highest BCUT2D eigenvalue weighted by molar-refractivity contribution is 8.01. The predicted molar refractivity (Wildman–Crippen MR) is 114 cm³/mol. The van der Waals surface area contributed by atoms with Crippen LogP contribution in [-0.2, 0) is 4.79 Å². The Bertz CT molecular complexity index is 1030. The summed E-state index contributed by atoms with van der Waals surface area (Å²) in [5, 5.41) is 5.90. The summed E-state index contributed by atoms with van der Waals surface area (Å²) in [7, 11) is 0. The Labute approximate surface area is 180 Å². The van der Waals surface area contributed by atoms with Gasteiger partial charge in [-0.3, -0.25) is 4.79 Å². The third-order valence-electron chi connectivity index (χ3n) is 3.84. The molecule has 1 N–H and O–H groups in total. The molecule has 5 nitrogen and oxygen atoms in total. The molecular weight excluding hydrogens is 439 g/mol. The van der Waals surface area contributed by atoms with Crippen molar-refractivity contribution in [3.8, 4) is 22.8 Å². The number of thiazole rings is 1. The summed E-state index contributed by atoms with van der Waals surface area (Å²) in [4.78, 5) is 16.8. The van der Waals surface area contributed by atoms with Crippen LogP contribution in [-0.4, -0.2) is 29.9 Å². The first kappa shape index (κ1) is 19.4. The minimum atomic E-state index is -0.122. The number of carbonyl (C=O) groups is 1. The van der Waals surface area contributed by atoms with Crippen LogP contribution < -0.4 is 14.8 Å². The second kappa shape index (κ2) is 8.61. The van der Waals surface area contributed by atoms with E-state index in [1.807, 2.05) is 11.4 Å². The summed E-state index contributed by atoms with van der Waals surface area (Å²) in [5.74, 6) is 1.45. The van der Waals surface area contributed by atoms with Crippen LogP contribution in [0.1, 0.15) is 0 Å². The third kappa shape index (κ3) is 4.55. The quantitative estimate of drug-likeness (QED) is 0.509. The molecule has 0 unspecified atom stereocenters. The topological polar surface area (TPSA) is 60.5 Å². The molecule has 3 aromatic rings. The SMILES string of the molecule is O=C(CSc1nc(-c2ccc(Cl)cc2Cl)cs1)Nc1ccc2c(c1)OCCO2. The highest BCUT2D eigenvalue weighted by Crippen LogP contribution is 2.34. The molecule has 4 rings (SSSR count). The summed E-state index contributed by atoms with van der Waals surface area (Å²) < 4.78 is 11.8. The number of hydrogen-bond acceptors (Lipinski definition) is 6. The molecule has 2 heterocycles. The van der Waals surface area contributed by atoms with Gasteiger partial charge in [0.2, 0.25) is 5.91 Å². The Kier molecular flexibility index (Phi) is 5.96. The monoisotopic (exact) mass is 452 g/mol. The number of nitrogens with one attached hydrogen (secondary N) is 1. The molecule has 0 fully saturated rings. The van der Waals surface area contributed by atoms with E-state index in [4.69, 9.17) is 32.7 Å². The second-order valence-corrected chi connectivity index (χ2v) is 8.74. The summed E-state index contributed by atoms with van der Waals surface area (Å²) in [6.07, 6.45) is 0. The van der Waals surface area contributed by atoms with E-state index < -0.39 is 0 Å². The minimum Gasteiger partial charge on any atom is -0.486 e. The molecular formula is C19H14Cl2N2O3S2. The zero-order chi connectivity index (χ0) is 19.5. The van der Waals surface area contributed by atoms with E-state index in [2.05, 4.69) is 10.3 Å². The van der Waals surface area contributed by atoms with Gasteiger partial charge in [-0.15, -0.1) is 11.3 Å². The number of amides is 1. The van der Waals surface area contributed by atoms with Gasteiger partial charge in [-0.25, -0.2) is 4.98 Å². The normalized spacial score (nSPS) is 12.6. The molecule has 2 aromatic carbocycles. The Morgan fingerprint density at radius 1 is 1.14 bits per heavy atom. The van der Waals surface area contributed by atoms with Crippen molar-refractivity contribution in [1.29, 1.82) is 0 Å². The number of carbonyl (C=O) groups excluding carboxylic acids is 1. The number of halogens is 2. The van der Waals surface area contributed by atoms with Gasteiger partial charge in [-0.1, -0.05) is 35.0 Å². The van der Waals surface area contributed by atoms with Crippen LogP contribution in [0, 0.1) is 0 Å². The lowest BCUT2D eigenvalue weighted by Gasteiger charge is -2.18. The van der Waals surface area contributed by atoms with Crippen LogP contribution in [0.15, 0.2) is 46.1 Å². The fourth-order valence-corrected chi connectivity index (χ4v) is 4.72. The Morgan fingerprint density at radius 2 is 1.96 bits per heavy atom. The van der Waals surface area contributed by atoms with Crippen LogP contribution in [0.3, 0.4) is 0 Å². The van der Waals surface area contributed by atoms with Gasteiger partial charge < -0.3 is 14.8 Å². The van der Waals surface area contributed by atoms with Crippen molar-refractivity contribution in [3.63, 3.8) is 0 Å². The first-order valence-corrected chi connectivity index (χ1v) is 10.9. The van der Waals surface area contributed by atoms with E-state index >= 15 is 0 Å². The van der Waals surface area contributed by atoms with Gasteiger partial charge >= 0.3 is 0 Å². The van der Waals surface area contributed by atoms with Gasteiger partial charge in [0.25, 0.3) is 0 Å². The van der Waals surface area contributed by atoms with Crippen molar-refractivity contribution in [1.82, 2.24) is 4.98 Å². The Hall–Kier alpha value is -1.93. The van der Waals surface area contributed by atoms with E-state index in [1.165, 1.54) is 23.1 Å². The van der Waals surface area contributed by atoms with Gasteiger partial charge in [0.05, 0.1) is 16.5 Å². The summed E-state index contributed by atoms with van der Waals surface area (Å²) in [6, 6.07) is 10.6. The first-order valence-electron chi connectivity index (χ1n) is 8.32. The van der Waals surface area contributed by atoms with Crippen LogP contribution in [0.2, 0.25) is 10.0 Å². The number of fused-ring (bicyclic) bond motifs is 1. The lowest BCUT2D eigenvalue weighted by molar-refractivity contribution is -0.113. The summed E-state index contributed by atoms with van der Waals surface area (Å²) in [5.41, 5.74) is 2.25. The molecule has 0 saturated heterocycles. The molecule has 1 aromatic heterocycles. The van der Waals surface area contributed by atoms with Gasteiger partial charge in [0.1, 0.15) is 13.2 Å². The summed E-state index contributed by atoms with van der Waals surface area (Å²) >= 11 is 15.0. The smallest absolute Gasteiger partial charge is 0.234 e. The van der Waals surface area contributed by atoms with Gasteiger partial charge in [-0.2, -0.15) is 0 Å². The van der Waals surface area contributed by atoms with Crippen LogP contribution in [0.4, 0.5) is 5.69 Å². The van der Waals surface area contributed by atoms with Gasteiger partial charge in [0.15, 0.2) is 15.8 Å². The number of anilines is 1. The van der Waals surface area contributed by atoms with E-state index in [0.29, 0.717) is 40.4 Å². The zero-order valence-corrected chi connectivity index (χ0v) is 17.6. The predicted octanol–water partition coefficient (Wildman–Crippen LogP) is 5.62.